The van der Waals surface area contributed by atoms with Crippen LogP contribution in [0.4, 0.5) is 0 Å². The number of guanidine groups is 1. The Kier molecular flexibility index (Phi) is 6.76. The van der Waals surface area contributed by atoms with E-state index in [-0.39, 0.29) is 0 Å². The highest BCUT2D eigenvalue weighted by atomic mass is 32.2. The molecule has 1 aromatic heterocycles. The van der Waals surface area contributed by atoms with Gasteiger partial charge in [0.05, 0.1) is 6.26 Å². The van der Waals surface area contributed by atoms with Crippen molar-refractivity contribution >= 4 is 16.0 Å². The molecule has 1 heterocycles. The molecule has 0 saturated heterocycles. The van der Waals surface area contributed by atoms with E-state index >= 15 is 0 Å². The predicted molar refractivity (Wildman–Crippen MR) is 89.4 cm³/mol. The number of pyridine rings is 1. The summed E-state index contributed by atoms with van der Waals surface area (Å²) in [4.78, 5) is 8.37. The minimum atomic E-state index is -3.25. The number of aliphatic imine (C=N–C) groups is 1. The molecule has 0 unspecified atom stereocenters. The van der Waals surface area contributed by atoms with E-state index in [2.05, 4.69) is 25.3 Å². The summed E-state index contributed by atoms with van der Waals surface area (Å²) < 4.78 is 25.2. The van der Waals surface area contributed by atoms with E-state index < -0.39 is 15.6 Å². The van der Waals surface area contributed by atoms with Gasteiger partial charge in [0.2, 0.25) is 10.0 Å². The number of hydrogen-bond donors (Lipinski definition) is 3. The molecule has 0 aromatic carbocycles. The predicted octanol–water partition coefficient (Wildman–Crippen LogP) is 0.117. The third-order valence-corrected chi connectivity index (χ3v) is 3.71. The van der Waals surface area contributed by atoms with Crippen molar-refractivity contribution in [3.63, 3.8) is 0 Å². The Morgan fingerprint density at radius 3 is 2.59 bits per heavy atom. The van der Waals surface area contributed by atoms with Crippen molar-refractivity contribution in [3.8, 4) is 0 Å². The van der Waals surface area contributed by atoms with Crippen molar-refractivity contribution in [2.24, 2.45) is 4.99 Å². The second kappa shape index (κ2) is 8.09. The second-order valence-corrected chi connectivity index (χ2v) is 7.43. The fourth-order valence-electron chi connectivity index (χ4n) is 1.92. The van der Waals surface area contributed by atoms with E-state index in [4.69, 9.17) is 0 Å². The molecule has 0 bridgehead atoms. The second-order valence-electron chi connectivity index (χ2n) is 5.68. The van der Waals surface area contributed by atoms with Gasteiger partial charge in [-0.3, -0.25) is 9.98 Å². The van der Waals surface area contributed by atoms with Crippen molar-refractivity contribution in [1.82, 2.24) is 20.3 Å². The molecule has 0 spiro atoms. The van der Waals surface area contributed by atoms with E-state index in [9.17, 15) is 8.42 Å². The summed E-state index contributed by atoms with van der Waals surface area (Å²) in [6.07, 6.45) is 3.70. The van der Waals surface area contributed by atoms with Crippen LogP contribution in [0.2, 0.25) is 0 Å². The average molecular weight is 327 g/mol. The molecule has 0 amide bonds. The number of aromatic nitrogens is 1. The first-order valence-electron chi connectivity index (χ1n) is 7.05. The SMILES string of the molecule is CN=C(NCCc1ccccn1)NCC(C)(C)NS(C)(=O)=O. The first-order valence-corrected chi connectivity index (χ1v) is 8.94. The average Bonchev–Trinajstić information content (AvgIpc) is 2.41. The van der Waals surface area contributed by atoms with Gasteiger partial charge in [-0.05, 0) is 26.0 Å². The highest BCUT2D eigenvalue weighted by Crippen LogP contribution is 2.01. The lowest BCUT2D eigenvalue weighted by Gasteiger charge is -2.26. The number of nitrogens with zero attached hydrogens (tertiary/aromatic N) is 2. The first-order chi connectivity index (χ1) is 10.2. The Hall–Kier alpha value is -1.67. The number of hydrogen-bond acceptors (Lipinski definition) is 4. The quantitative estimate of drug-likeness (QED) is 0.488. The van der Waals surface area contributed by atoms with Crippen LogP contribution in [0.15, 0.2) is 29.4 Å². The van der Waals surface area contributed by atoms with Gasteiger partial charge < -0.3 is 10.6 Å². The summed E-state index contributed by atoms with van der Waals surface area (Å²) in [7, 11) is -1.57. The third-order valence-electron chi connectivity index (χ3n) is 2.78. The summed E-state index contributed by atoms with van der Waals surface area (Å²) >= 11 is 0. The molecule has 3 N–H and O–H groups in total. The normalized spacial score (nSPS) is 13.0. The number of nitrogens with one attached hydrogen (secondary N) is 3. The van der Waals surface area contributed by atoms with E-state index in [0.29, 0.717) is 19.0 Å². The van der Waals surface area contributed by atoms with Crippen LogP contribution < -0.4 is 15.4 Å². The molecule has 22 heavy (non-hydrogen) atoms. The zero-order chi connectivity index (χ0) is 16.6. The highest BCUT2D eigenvalue weighted by molar-refractivity contribution is 7.88. The molecule has 0 aliphatic heterocycles. The van der Waals surface area contributed by atoms with Gasteiger partial charge in [-0.2, -0.15) is 0 Å². The molecule has 8 heteroatoms. The molecule has 0 radical (unpaired) electrons. The Balaban J connectivity index is 2.39. The Bertz CT molecular complexity index is 585. The summed E-state index contributed by atoms with van der Waals surface area (Å²) in [5, 5.41) is 6.29. The van der Waals surface area contributed by atoms with Gasteiger partial charge in [0.25, 0.3) is 0 Å². The van der Waals surface area contributed by atoms with Crippen LogP contribution in [0.1, 0.15) is 19.5 Å². The van der Waals surface area contributed by atoms with E-state index in [0.717, 1.165) is 18.4 Å². The van der Waals surface area contributed by atoms with Gasteiger partial charge in [-0.25, -0.2) is 13.1 Å². The van der Waals surface area contributed by atoms with Crippen LogP contribution in [-0.4, -0.2) is 51.3 Å². The summed E-state index contributed by atoms with van der Waals surface area (Å²) in [5.74, 6) is 0.624. The smallest absolute Gasteiger partial charge is 0.209 e. The van der Waals surface area contributed by atoms with Crippen LogP contribution in [0.3, 0.4) is 0 Å². The maximum absolute atomic E-state index is 11.3. The zero-order valence-electron chi connectivity index (χ0n) is 13.5. The van der Waals surface area contributed by atoms with Crippen molar-refractivity contribution in [2.75, 3.05) is 26.4 Å². The minimum absolute atomic E-state index is 0.420. The Morgan fingerprint density at radius 2 is 2.05 bits per heavy atom. The van der Waals surface area contributed by atoms with Gasteiger partial charge >= 0.3 is 0 Å². The molecular formula is C14H25N5O2S. The zero-order valence-corrected chi connectivity index (χ0v) is 14.4. The van der Waals surface area contributed by atoms with Gasteiger partial charge in [-0.15, -0.1) is 0 Å². The summed E-state index contributed by atoms with van der Waals surface area (Å²) in [5.41, 5.74) is 0.399. The molecule has 0 atom stereocenters. The molecule has 7 nitrogen and oxygen atoms in total. The van der Waals surface area contributed by atoms with Crippen molar-refractivity contribution in [3.05, 3.63) is 30.1 Å². The lowest BCUT2D eigenvalue weighted by Crippen LogP contribution is -2.53. The molecule has 0 fully saturated rings. The standard InChI is InChI=1S/C14H25N5O2S/c1-14(2,19-22(4,20)21)11-18-13(15-3)17-10-8-12-7-5-6-9-16-12/h5-7,9,19H,8,10-11H2,1-4H3,(H2,15,17,18). The molecule has 0 aliphatic carbocycles. The first kappa shape index (κ1) is 18.4. The van der Waals surface area contributed by atoms with Gasteiger partial charge in [0.1, 0.15) is 0 Å². The number of rotatable bonds is 7. The van der Waals surface area contributed by atoms with Gasteiger partial charge in [0.15, 0.2) is 5.96 Å². The summed E-state index contributed by atoms with van der Waals surface area (Å²) in [6, 6.07) is 5.81. The lowest BCUT2D eigenvalue weighted by atomic mass is 10.1. The minimum Gasteiger partial charge on any atom is -0.356 e. The molecular weight excluding hydrogens is 302 g/mol. The fourth-order valence-corrected chi connectivity index (χ4v) is 2.99. The van der Waals surface area contributed by atoms with E-state index in [1.807, 2.05) is 32.0 Å². The van der Waals surface area contributed by atoms with Gasteiger partial charge in [0, 0.05) is 44.0 Å². The van der Waals surface area contributed by atoms with Crippen molar-refractivity contribution in [1.29, 1.82) is 0 Å². The van der Waals surface area contributed by atoms with Crippen LogP contribution in [0.25, 0.3) is 0 Å². The fraction of sp³-hybridized carbons (Fsp3) is 0.571. The van der Waals surface area contributed by atoms with E-state index in [1.54, 1.807) is 13.2 Å². The topological polar surface area (TPSA) is 95.5 Å². The molecule has 1 rings (SSSR count). The molecule has 124 valence electrons. The van der Waals surface area contributed by atoms with Gasteiger partial charge in [-0.1, -0.05) is 6.07 Å². The maximum atomic E-state index is 11.3. The number of sulfonamides is 1. The maximum Gasteiger partial charge on any atom is 0.209 e. The molecule has 1 aromatic rings. The van der Waals surface area contributed by atoms with Crippen LogP contribution >= 0.6 is 0 Å². The monoisotopic (exact) mass is 327 g/mol. The van der Waals surface area contributed by atoms with Crippen LogP contribution in [0, 0.1) is 0 Å². The summed E-state index contributed by atoms with van der Waals surface area (Å²) in [6.45, 7) is 4.73. The third kappa shape index (κ3) is 7.94. The Morgan fingerprint density at radius 1 is 1.32 bits per heavy atom. The van der Waals surface area contributed by atoms with Crippen molar-refractivity contribution in [2.45, 2.75) is 25.8 Å². The molecule has 0 saturated carbocycles. The van der Waals surface area contributed by atoms with Crippen molar-refractivity contribution < 1.29 is 8.42 Å². The van der Waals surface area contributed by atoms with E-state index in [1.165, 1.54) is 0 Å². The van der Waals surface area contributed by atoms with Crippen LogP contribution in [0.5, 0.6) is 0 Å². The lowest BCUT2D eigenvalue weighted by molar-refractivity contribution is 0.446. The Labute approximate surface area is 132 Å². The molecule has 0 aliphatic rings. The van der Waals surface area contributed by atoms with Crippen LogP contribution in [-0.2, 0) is 16.4 Å². The highest BCUT2D eigenvalue weighted by Gasteiger charge is 2.22. The largest absolute Gasteiger partial charge is 0.356 e.